The number of piperazine rings is 1. The average Bonchev–Trinajstić information content (AvgIpc) is 2.85. The highest BCUT2D eigenvalue weighted by molar-refractivity contribution is 5.81. The third kappa shape index (κ3) is 3.64. The van der Waals surface area contributed by atoms with Crippen LogP contribution in [0, 0.1) is 5.92 Å². The Balaban J connectivity index is 1.31. The van der Waals surface area contributed by atoms with Crippen LogP contribution in [0.2, 0.25) is 0 Å². The number of benzene rings is 1. The van der Waals surface area contributed by atoms with E-state index in [-0.39, 0.29) is 17.7 Å². The maximum absolute atomic E-state index is 12.6. The van der Waals surface area contributed by atoms with Crippen molar-refractivity contribution in [3.05, 3.63) is 23.8 Å². The summed E-state index contributed by atoms with van der Waals surface area (Å²) < 4.78 is 11.3. The van der Waals surface area contributed by atoms with Gasteiger partial charge in [0.15, 0.2) is 11.5 Å². The molecule has 6 nitrogen and oxygen atoms in total. The third-order valence-corrected chi connectivity index (χ3v) is 5.57. The highest BCUT2D eigenvalue weighted by Gasteiger charge is 2.32. The molecule has 0 aromatic heterocycles. The summed E-state index contributed by atoms with van der Waals surface area (Å²) >= 11 is 0. The maximum Gasteiger partial charge on any atom is 0.227 e. The van der Waals surface area contributed by atoms with Crippen LogP contribution >= 0.6 is 0 Å². The molecule has 1 saturated heterocycles. The van der Waals surface area contributed by atoms with Crippen molar-refractivity contribution in [3.8, 4) is 11.5 Å². The zero-order valence-electron chi connectivity index (χ0n) is 15.1. The Labute approximate surface area is 154 Å². The normalized spacial score (nSPS) is 20.3. The second-order valence-electron chi connectivity index (χ2n) is 7.34. The lowest BCUT2D eigenvalue weighted by Gasteiger charge is -2.38. The predicted octanol–water partition coefficient (Wildman–Crippen LogP) is 1.86. The van der Waals surface area contributed by atoms with E-state index in [0.29, 0.717) is 45.8 Å². The van der Waals surface area contributed by atoms with E-state index in [1.807, 2.05) is 28.0 Å². The summed E-state index contributed by atoms with van der Waals surface area (Å²) in [5.74, 6) is 2.10. The second kappa shape index (κ2) is 7.56. The van der Waals surface area contributed by atoms with Gasteiger partial charge in [0.2, 0.25) is 11.8 Å². The van der Waals surface area contributed by atoms with E-state index in [4.69, 9.17) is 9.47 Å². The largest absolute Gasteiger partial charge is 0.490 e. The van der Waals surface area contributed by atoms with E-state index < -0.39 is 0 Å². The van der Waals surface area contributed by atoms with Crippen LogP contribution in [0.15, 0.2) is 18.2 Å². The summed E-state index contributed by atoms with van der Waals surface area (Å²) in [5, 5.41) is 0. The predicted molar refractivity (Wildman–Crippen MR) is 96.3 cm³/mol. The van der Waals surface area contributed by atoms with Gasteiger partial charge in [-0.1, -0.05) is 12.5 Å². The Morgan fingerprint density at radius 2 is 1.62 bits per heavy atom. The van der Waals surface area contributed by atoms with Gasteiger partial charge in [-0.2, -0.15) is 0 Å². The van der Waals surface area contributed by atoms with Crippen molar-refractivity contribution in [1.29, 1.82) is 0 Å². The summed E-state index contributed by atoms with van der Waals surface area (Å²) in [7, 11) is 0. The first-order valence-electron chi connectivity index (χ1n) is 9.66. The number of carbonyl (C=O) groups excluding carboxylic acids is 2. The molecule has 26 heavy (non-hydrogen) atoms. The van der Waals surface area contributed by atoms with Crippen LogP contribution < -0.4 is 9.47 Å². The Morgan fingerprint density at radius 1 is 0.923 bits per heavy atom. The molecule has 0 spiro atoms. The molecule has 2 amide bonds. The van der Waals surface area contributed by atoms with Crippen LogP contribution in [-0.2, 0) is 16.0 Å². The minimum Gasteiger partial charge on any atom is -0.490 e. The fourth-order valence-corrected chi connectivity index (χ4v) is 3.69. The van der Waals surface area contributed by atoms with Crippen LogP contribution in [0.1, 0.15) is 31.2 Å². The average molecular weight is 358 g/mol. The first kappa shape index (κ1) is 17.2. The molecular weight excluding hydrogens is 332 g/mol. The summed E-state index contributed by atoms with van der Waals surface area (Å²) in [5.41, 5.74) is 0.937. The van der Waals surface area contributed by atoms with Crippen molar-refractivity contribution in [2.75, 3.05) is 39.4 Å². The van der Waals surface area contributed by atoms with Crippen molar-refractivity contribution >= 4 is 11.8 Å². The number of amides is 2. The Kier molecular flexibility index (Phi) is 5.00. The van der Waals surface area contributed by atoms with Gasteiger partial charge in [0.05, 0.1) is 19.6 Å². The smallest absolute Gasteiger partial charge is 0.227 e. The van der Waals surface area contributed by atoms with Crippen LogP contribution in [0.25, 0.3) is 0 Å². The Hall–Kier alpha value is -2.24. The molecule has 3 aliphatic rings. The first-order valence-corrected chi connectivity index (χ1v) is 9.66. The fourth-order valence-electron chi connectivity index (χ4n) is 3.69. The molecule has 2 fully saturated rings. The minimum atomic E-state index is 0.107. The number of nitrogens with zero attached hydrogens (tertiary/aromatic N) is 2. The zero-order valence-corrected chi connectivity index (χ0v) is 15.1. The van der Waals surface area contributed by atoms with Gasteiger partial charge in [0, 0.05) is 38.5 Å². The van der Waals surface area contributed by atoms with Crippen LogP contribution in [0.4, 0.5) is 0 Å². The van der Waals surface area contributed by atoms with Gasteiger partial charge in [-0.15, -0.1) is 0 Å². The summed E-state index contributed by atoms with van der Waals surface area (Å²) in [4.78, 5) is 28.7. The monoisotopic (exact) mass is 358 g/mol. The molecule has 0 radical (unpaired) electrons. The SMILES string of the molecule is O=C(Cc1ccc2c(c1)OCCCO2)N1CCN(C(=O)C2CCC2)CC1. The highest BCUT2D eigenvalue weighted by atomic mass is 16.5. The van der Waals surface area contributed by atoms with E-state index >= 15 is 0 Å². The van der Waals surface area contributed by atoms with Gasteiger partial charge in [-0.25, -0.2) is 0 Å². The number of ether oxygens (including phenoxy) is 2. The van der Waals surface area contributed by atoms with E-state index in [1.54, 1.807) is 0 Å². The van der Waals surface area contributed by atoms with Gasteiger partial charge >= 0.3 is 0 Å². The second-order valence-corrected chi connectivity index (χ2v) is 7.34. The number of hydrogen-bond donors (Lipinski definition) is 0. The maximum atomic E-state index is 12.6. The van der Waals surface area contributed by atoms with Gasteiger partial charge in [-0.3, -0.25) is 9.59 Å². The van der Waals surface area contributed by atoms with Gasteiger partial charge in [0.25, 0.3) is 0 Å². The molecule has 140 valence electrons. The van der Waals surface area contributed by atoms with Gasteiger partial charge in [0.1, 0.15) is 0 Å². The van der Waals surface area contributed by atoms with Crippen LogP contribution in [-0.4, -0.2) is 61.0 Å². The van der Waals surface area contributed by atoms with Crippen molar-refractivity contribution in [3.63, 3.8) is 0 Å². The lowest BCUT2D eigenvalue weighted by Crippen LogP contribution is -2.52. The van der Waals surface area contributed by atoms with E-state index in [2.05, 4.69) is 0 Å². The zero-order chi connectivity index (χ0) is 17.9. The van der Waals surface area contributed by atoms with E-state index in [9.17, 15) is 9.59 Å². The first-order chi connectivity index (χ1) is 12.7. The molecule has 2 aliphatic heterocycles. The summed E-state index contributed by atoms with van der Waals surface area (Å²) in [6.45, 7) is 3.87. The molecule has 1 saturated carbocycles. The summed E-state index contributed by atoms with van der Waals surface area (Å²) in [6, 6.07) is 5.73. The lowest BCUT2D eigenvalue weighted by atomic mass is 9.84. The summed E-state index contributed by atoms with van der Waals surface area (Å²) in [6.07, 6.45) is 4.45. The molecule has 1 aromatic rings. The minimum absolute atomic E-state index is 0.107. The lowest BCUT2D eigenvalue weighted by molar-refractivity contribution is -0.143. The number of carbonyl (C=O) groups is 2. The molecule has 4 rings (SSSR count). The van der Waals surface area contributed by atoms with Crippen molar-refractivity contribution in [2.45, 2.75) is 32.1 Å². The van der Waals surface area contributed by atoms with Crippen LogP contribution in [0.3, 0.4) is 0 Å². The van der Waals surface area contributed by atoms with E-state index in [0.717, 1.165) is 36.3 Å². The van der Waals surface area contributed by atoms with Gasteiger partial charge < -0.3 is 19.3 Å². The molecule has 6 heteroatoms. The molecule has 0 bridgehead atoms. The van der Waals surface area contributed by atoms with Gasteiger partial charge in [-0.05, 0) is 30.5 Å². The van der Waals surface area contributed by atoms with Crippen molar-refractivity contribution < 1.29 is 19.1 Å². The standard InChI is InChI=1S/C20H26N2O4/c23-19(14-15-5-6-17-18(13-15)26-12-2-11-25-17)21-7-9-22(10-8-21)20(24)16-3-1-4-16/h5-6,13,16H,1-4,7-12,14H2. The van der Waals surface area contributed by atoms with E-state index in [1.165, 1.54) is 6.42 Å². The molecule has 0 unspecified atom stereocenters. The topological polar surface area (TPSA) is 59.1 Å². The molecule has 1 aliphatic carbocycles. The number of fused-ring (bicyclic) bond motifs is 1. The van der Waals surface area contributed by atoms with Crippen molar-refractivity contribution in [2.24, 2.45) is 5.92 Å². The fraction of sp³-hybridized carbons (Fsp3) is 0.600. The Morgan fingerprint density at radius 3 is 2.31 bits per heavy atom. The molecule has 1 aromatic carbocycles. The third-order valence-electron chi connectivity index (χ3n) is 5.57. The molecule has 0 atom stereocenters. The number of rotatable bonds is 3. The molecular formula is C20H26N2O4. The molecule has 0 N–H and O–H groups in total. The highest BCUT2D eigenvalue weighted by Crippen LogP contribution is 2.31. The van der Waals surface area contributed by atoms with Crippen molar-refractivity contribution in [1.82, 2.24) is 9.80 Å². The molecule has 2 heterocycles. The quantitative estimate of drug-likeness (QED) is 0.828. The Bertz CT molecular complexity index is 678. The van der Waals surface area contributed by atoms with Crippen LogP contribution in [0.5, 0.6) is 11.5 Å². The number of hydrogen-bond acceptors (Lipinski definition) is 4.